The topological polar surface area (TPSA) is 56.1 Å². The molecule has 1 fully saturated rings. The van der Waals surface area contributed by atoms with Crippen LogP contribution in [-0.4, -0.2) is 29.0 Å². The van der Waals surface area contributed by atoms with Crippen LogP contribution >= 0.6 is 11.6 Å². The van der Waals surface area contributed by atoms with Crippen molar-refractivity contribution in [3.8, 4) is 0 Å². The molecule has 2 aromatic rings. The van der Waals surface area contributed by atoms with Gasteiger partial charge in [0, 0.05) is 13.2 Å². The fourth-order valence-electron chi connectivity index (χ4n) is 2.94. The number of ether oxygens (including phenoxy) is 1. The average molecular weight is 334 g/mol. The predicted octanol–water partition coefficient (Wildman–Crippen LogP) is 2.92. The number of nitrogens with one attached hydrogen (secondary N) is 1. The van der Waals surface area contributed by atoms with Crippen molar-refractivity contribution in [2.24, 2.45) is 0 Å². The van der Waals surface area contributed by atoms with Crippen LogP contribution in [0.4, 0.5) is 5.69 Å². The summed E-state index contributed by atoms with van der Waals surface area (Å²) >= 11 is 6.25. The normalized spacial score (nSPS) is 20.6. The summed E-state index contributed by atoms with van der Waals surface area (Å²) in [6.07, 6.45) is 4.84. The molecule has 1 aromatic carbocycles. The van der Waals surface area contributed by atoms with Crippen molar-refractivity contribution in [3.05, 3.63) is 57.5 Å². The minimum absolute atomic E-state index is 0.191. The molecule has 122 valence electrons. The quantitative estimate of drug-likeness (QED) is 0.914. The van der Waals surface area contributed by atoms with Crippen LogP contribution in [0.25, 0.3) is 0 Å². The molecule has 2 unspecified atom stereocenters. The lowest BCUT2D eigenvalue weighted by Crippen LogP contribution is -2.26. The molecule has 0 amide bonds. The van der Waals surface area contributed by atoms with Crippen LogP contribution in [-0.2, 0) is 11.3 Å². The number of hydrogen-bond donors (Lipinski definition) is 1. The van der Waals surface area contributed by atoms with Crippen LogP contribution in [0.1, 0.15) is 24.8 Å². The van der Waals surface area contributed by atoms with Gasteiger partial charge in [-0.2, -0.15) is 5.10 Å². The third-order valence-electron chi connectivity index (χ3n) is 4.24. The highest BCUT2D eigenvalue weighted by molar-refractivity contribution is 6.32. The van der Waals surface area contributed by atoms with E-state index in [9.17, 15) is 4.79 Å². The van der Waals surface area contributed by atoms with Gasteiger partial charge in [-0.15, -0.1) is 0 Å². The second-order valence-electron chi connectivity index (χ2n) is 5.83. The Morgan fingerprint density at radius 1 is 1.35 bits per heavy atom. The number of halogens is 1. The van der Waals surface area contributed by atoms with Gasteiger partial charge in [0.25, 0.3) is 5.56 Å². The zero-order chi connectivity index (χ0) is 16.2. The largest absolute Gasteiger partial charge is 0.381 e. The molecule has 6 heteroatoms. The van der Waals surface area contributed by atoms with Crippen LogP contribution in [0.3, 0.4) is 0 Å². The summed E-state index contributed by atoms with van der Waals surface area (Å²) in [5.74, 6) is 0. The first kappa shape index (κ1) is 16.0. The number of hydrogen-bond acceptors (Lipinski definition) is 4. The van der Waals surface area contributed by atoms with Crippen LogP contribution in [0, 0.1) is 0 Å². The molecule has 0 radical (unpaired) electrons. The Hall–Kier alpha value is -1.85. The second-order valence-corrected chi connectivity index (χ2v) is 6.21. The van der Waals surface area contributed by atoms with Gasteiger partial charge in [-0.1, -0.05) is 41.9 Å². The van der Waals surface area contributed by atoms with Crippen molar-refractivity contribution >= 4 is 17.3 Å². The van der Waals surface area contributed by atoms with Crippen molar-refractivity contribution in [1.29, 1.82) is 0 Å². The summed E-state index contributed by atoms with van der Waals surface area (Å²) < 4.78 is 6.75. The van der Waals surface area contributed by atoms with Crippen molar-refractivity contribution in [3.63, 3.8) is 0 Å². The van der Waals surface area contributed by atoms with Gasteiger partial charge in [0.05, 0.1) is 24.5 Å². The van der Waals surface area contributed by atoms with Gasteiger partial charge < -0.3 is 10.1 Å². The molecule has 1 heterocycles. The van der Waals surface area contributed by atoms with E-state index in [0.29, 0.717) is 12.2 Å². The number of methoxy groups -OCH3 is 1. The fourth-order valence-corrected chi connectivity index (χ4v) is 3.14. The smallest absolute Gasteiger partial charge is 0.287 e. The summed E-state index contributed by atoms with van der Waals surface area (Å²) in [5.41, 5.74) is 1.34. The lowest BCUT2D eigenvalue weighted by molar-refractivity contribution is 0.108. The van der Waals surface area contributed by atoms with Crippen molar-refractivity contribution < 1.29 is 4.74 Å². The fraction of sp³-hybridized carbons (Fsp3) is 0.412. The Labute approximate surface area is 140 Å². The maximum atomic E-state index is 12.4. The highest BCUT2D eigenvalue weighted by Gasteiger charge is 2.25. The molecule has 23 heavy (non-hydrogen) atoms. The molecule has 1 N–H and O–H groups in total. The van der Waals surface area contributed by atoms with Crippen LogP contribution < -0.4 is 10.9 Å². The molecule has 0 saturated heterocycles. The zero-order valence-corrected chi connectivity index (χ0v) is 13.8. The molecule has 1 aliphatic carbocycles. The van der Waals surface area contributed by atoms with Gasteiger partial charge in [0.15, 0.2) is 0 Å². The van der Waals surface area contributed by atoms with Crippen LogP contribution in [0.2, 0.25) is 5.02 Å². The summed E-state index contributed by atoms with van der Waals surface area (Å²) in [6.45, 7) is 0.412. The van der Waals surface area contributed by atoms with Gasteiger partial charge in [0.2, 0.25) is 0 Å². The maximum absolute atomic E-state index is 12.4. The third-order valence-corrected chi connectivity index (χ3v) is 4.60. The standard InChI is InChI=1S/C17H20ClN3O2/c1-23-14-8-7-13(9-14)20-15-10-19-21(17(22)16(15)18)11-12-5-3-2-4-6-12/h2-6,10,13-14,20H,7-9,11H2,1H3. The Bertz CT molecular complexity index is 718. The number of nitrogens with zero attached hydrogens (tertiary/aromatic N) is 2. The monoisotopic (exact) mass is 333 g/mol. The number of benzene rings is 1. The molecular formula is C17H20ClN3O2. The summed E-state index contributed by atoms with van der Waals surface area (Å²) in [6, 6.07) is 9.99. The van der Waals surface area contributed by atoms with Gasteiger partial charge in [-0.05, 0) is 24.8 Å². The molecule has 0 aliphatic heterocycles. The SMILES string of the molecule is COC1CCC(Nc2cnn(Cc3ccccc3)c(=O)c2Cl)C1. The molecular weight excluding hydrogens is 314 g/mol. The molecule has 1 aromatic heterocycles. The van der Waals surface area contributed by atoms with E-state index < -0.39 is 0 Å². The summed E-state index contributed by atoms with van der Waals surface area (Å²) in [5, 5.41) is 7.75. The van der Waals surface area contributed by atoms with E-state index in [-0.39, 0.29) is 22.7 Å². The van der Waals surface area contributed by atoms with Crippen LogP contribution in [0.5, 0.6) is 0 Å². The highest BCUT2D eigenvalue weighted by atomic mass is 35.5. The van der Waals surface area contributed by atoms with Crippen molar-refractivity contribution in [2.45, 2.75) is 38.0 Å². The van der Waals surface area contributed by atoms with Gasteiger partial charge in [-0.25, -0.2) is 4.68 Å². The second kappa shape index (κ2) is 7.15. The molecule has 0 bridgehead atoms. The van der Waals surface area contributed by atoms with E-state index >= 15 is 0 Å². The van der Waals surface area contributed by atoms with Crippen molar-refractivity contribution in [1.82, 2.24) is 9.78 Å². The van der Waals surface area contributed by atoms with Gasteiger partial charge in [0.1, 0.15) is 5.02 Å². The van der Waals surface area contributed by atoms with E-state index in [4.69, 9.17) is 16.3 Å². The van der Waals surface area contributed by atoms with E-state index in [1.807, 2.05) is 30.3 Å². The molecule has 2 atom stereocenters. The lowest BCUT2D eigenvalue weighted by Gasteiger charge is -2.15. The van der Waals surface area contributed by atoms with Gasteiger partial charge in [-0.3, -0.25) is 4.79 Å². The maximum Gasteiger partial charge on any atom is 0.287 e. The first-order valence-electron chi connectivity index (χ1n) is 7.76. The Morgan fingerprint density at radius 3 is 2.83 bits per heavy atom. The Balaban J connectivity index is 1.74. The van der Waals surface area contributed by atoms with E-state index in [1.165, 1.54) is 4.68 Å². The molecule has 1 saturated carbocycles. The Kier molecular flexibility index (Phi) is 4.98. The van der Waals surface area contributed by atoms with E-state index in [1.54, 1.807) is 13.3 Å². The number of anilines is 1. The van der Waals surface area contributed by atoms with E-state index in [2.05, 4.69) is 10.4 Å². The summed E-state index contributed by atoms with van der Waals surface area (Å²) in [7, 11) is 1.73. The zero-order valence-electron chi connectivity index (χ0n) is 13.0. The van der Waals surface area contributed by atoms with E-state index in [0.717, 1.165) is 24.8 Å². The Morgan fingerprint density at radius 2 is 2.13 bits per heavy atom. The highest BCUT2D eigenvalue weighted by Crippen LogP contribution is 2.26. The number of rotatable bonds is 5. The third kappa shape index (κ3) is 3.74. The molecule has 0 spiro atoms. The first-order chi connectivity index (χ1) is 11.2. The minimum atomic E-state index is -0.276. The predicted molar refractivity (Wildman–Crippen MR) is 91.1 cm³/mol. The van der Waals surface area contributed by atoms with Crippen molar-refractivity contribution in [2.75, 3.05) is 12.4 Å². The first-order valence-corrected chi connectivity index (χ1v) is 8.14. The molecule has 5 nitrogen and oxygen atoms in total. The average Bonchev–Trinajstić information content (AvgIpc) is 3.03. The summed E-state index contributed by atoms with van der Waals surface area (Å²) in [4.78, 5) is 12.4. The van der Waals surface area contributed by atoms with Gasteiger partial charge >= 0.3 is 0 Å². The minimum Gasteiger partial charge on any atom is -0.381 e. The lowest BCUT2D eigenvalue weighted by atomic mass is 10.2. The number of aromatic nitrogens is 2. The molecule has 1 aliphatic rings. The van der Waals surface area contributed by atoms with Crippen LogP contribution in [0.15, 0.2) is 41.3 Å². The molecule has 3 rings (SSSR count).